The minimum absolute atomic E-state index is 0.00809. The third kappa shape index (κ3) is 3.10. The van der Waals surface area contributed by atoms with Crippen LogP contribution in [0.1, 0.15) is 25.7 Å². The van der Waals surface area contributed by atoms with E-state index in [2.05, 4.69) is 0 Å². The van der Waals surface area contributed by atoms with Crippen molar-refractivity contribution >= 4 is 15.9 Å². The molecule has 20 heavy (non-hydrogen) atoms. The number of nitrogens with zero attached hydrogens (tertiary/aromatic N) is 1. The van der Waals surface area contributed by atoms with Gasteiger partial charge in [0.25, 0.3) is 0 Å². The van der Waals surface area contributed by atoms with Gasteiger partial charge in [0.15, 0.2) is 0 Å². The molecule has 0 heterocycles. The fourth-order valence-electron chi connectivity index (χ4n) is 2.51. The summed E-state index contributed by atoms with van der Waals surface area (Å²) in [6.07, 6.45) is 3.38. The van der Waals surface area contributed by atoms with Gasteiger partial charge in [-0.3, -0.25) is 4.79 Å². The van der Waals surface area contributed by atoms with E-state index >= 15 is 0 Å². The number of carbonyl (C=O) groups is 1. The summed E-state index contributed by atoms with van der Waals surface area (Å²) in [5.41, 5.74) is 5.17. The van der Waals surface area contributed by atoms with Gasteiger partial charge in [-0.2, -0.15) is 4.31 Å². The van der Waals surface area contributed by atoms with Crippen molar-refractivity contribution in [3.8, 4) is 5.75 Å². The number of benzene rings is 1. The average molecular weight is 298 g/mol. The quantitative estimate of drug-likeness (QED) is 0.840. The van der Waals surface area contributed by atoms with Crippen LogP contribution in [-0.4, -0.2) is 36.3 Å². The van der Waals surface area contributed by atoms with E-state index < -0.39 is 15.9 Å². The number of aromatic hydroxyl groups is 1. The number of amides is 1. The Morgan fingerprint density at radius 3 is 2.30 bits per heavy atom. The molecule has 1 aliphatic carbocycles. The Labute approximate surface area is 118 Å². The lowest BCUT2D eigenvalue weighted by atomic mass is 10.2. The highest BCUT2D eigenvalue weighted by Crippen LogP contribution is 2.28. The maximum Gasteiger partial charge on any atom is 0.243 e. The Balaban J connectivity index is 2.34. The number of primary amides is 1. The Bertz CT molecular complexity index is 577. The van der Waals surface area contributed by atoms with E-state index in [1.54, 1.807) is 0 Å². The summed E-state index contributed by atoms with van der Waals surface area (Å²) in [5.74, 6) is -0.675. The number of hydrogen-bond donors (Lipinski definition) is 2. The van der Waals surface area contributed by atoms with Crippen molar-refractivity contribution in [3.05, 3.63) is 24.3 Å². The number of phenolic OH excluding ortho intramolecular Hbond substituents is 1. The zero-order chi connectivity index (χ0) is 14.8. The third-order valence-electron chi connectivity index (χ3n) is 3.49. The fraction of sp³-hybridized carbons (Fsp3) is 0.462. The zero-order valence-electron chi connectivity index (χ0n) is 11.0. The first-order valence-corrected chi connectivity index (χ1v) is 7.94. The lowest BCUT2D eigenvalue weighted by Crippen LogP contribution is -2.44. The van der Waals surface area contributed by atoms with Crippen LogP contribution in [-0.2, 0) is 14.8 Å². The normalized spacial score (nSPS) is 16.6. The molecule has 0 atom stereocenters. The van der Waals surface area contributed by atoms with E-state index in [1.165, 1.54) is 28.6 Å². The lowest BCUT2D eigenvalue weighted by molar-refractivity contribution is -0.118. The highest BCUT2D eigenvalue weighted by Gasteiger charge is 2.34. The first-order chi connectivity index (χ1) is 9.41. The molecule has 0 saturated heterocycles. The maximum absolute atomic E-state index is 12.6. The molecule has 1 aliphatic rings. The van der Waals surface area contributed by atoms with Crippen molar-refractivity contribution in [2.45, 2.75) is 36.6 Å². The molecular weight excluding hydrogens is 280 g/mol. The van der Waals surface area contributed by atoms with Gasteiger partial charge in [0.2, 0.25) is 15.9 Å². The molecule has 0 spiro atoms. The van der Waals surface area contributed by atoms with Crippen molar-refractivity contribution in [1.82, 2.24) is 4.31 Å². The average Bonchev–Trinajstić information content (AvgIpc) is 2.89. The second kappa shape index (κ2) is 5.80. The van der Waals surface area contributed by atoms with Crippen LogP contribution < -0.4 is 5.73 Å². The SMILES string of the molecule is NC(=O)CN(C1CCCC1)S(=O)(=O)c1ccc(O)cc1. The molecule has 1 aromatic carbocycles. The summed E-state index contributed by atoms with van der Waals surface area (Å²) < 4.78 is 26.4. The topological polar surface area (TPSA) is 101 Å². The monoisotopic (exact) mass is 298 g/mol. The number of phenols is 1. The molecule has 7 heteroatoms. The van der Waals surface area contributed by atoms with Crippen LogP contribution in [0.2, 0.25) is 0 Å². The fourth-order valence-corrected chi connectivity index (χ4v) is 4.16. The van der Waals surface area contributed by atoms with Crippen molar-refractivity contribution < 1.29 is 18.3 Å². The van der Waals surface area contributed by atoms with Gasteiger partial charge in [0.05, 0.1) is 11.4 Å². The van der Waals surface area contributed by atoms with Crippen LogP contribution in [0, 0.1) is 0 Å². The lowest BCUT2D eigenvalue weighted by Gasteiger charge is -2.26. The summed E-state index contributed by atoms with van der Waals surface area (Å²) in [6, 6.07) is 5.09. The molecule has 0 radical (unpaired) electrons. The predicted molar refractivity (Wildman–Crippen MR) is 73.4 cm³/mol. The summed E-state index contributed by atoms with van der Waals surface area (Å²) >= 11 is 0. The van der Waals surface area contributed by atoms with Gasteiger partial charge in [0, 0.05) is 6.04 Å². The first-order valence-electron chi connectivity index (χ1n) is 6.50. The smallest absolute Gasteiger partial charge is 0.243 e. The van der Waals surface area contributed by atoms with E-state index in [0.29, 0.717) is 0 Å². The number of rotatable bonds is 5. The maximum atomic E-state index is 12.6. The van der Waals surface area contributed by atoms with Gasteiger partial charge in [-0.05, 0) is 37.1 Å². The molecule has 1 amide bonds. The van der Waals surface area contributed by atoms with E-state index in [0.717, 1.165) is 25.7 Å². The molecule has 0 aliphatic heterocycles. The highest BCUT2D eigenvalue weighted by atomic mass is 32.2. The molecule has 1 aromatic rings. The second-order valence-electron chi connectivity index (χ2n) is 4.95. The van der Waals surface area contributed by atoms with Gasteiger partial charge in [-0.1, -0.05) is 12.8 Å². The van der Waals surface area contributed by atoms with Crippen molar-refractivity contribution in [3.63, 3.8) is 0 Å². The molecule has 1 saturated carbocycles. The Morgan fingerprint density at radius 2 is 1.80 bits per heavy atom. The van der Waals surface area contributed by atoms with Crippen molar-refractivity contribution in [2.24, 2.45) is 5.73 Å². The van der Waals surface area contributed by atoms with Gasteiger partial charge < -0.3 is 10.8 Å². The molecule has 3 N–H and O–H groups in total. The van der Waals surface area contributed by atoms with Crippen LogP contribution >= 0.6 is 0 Å². The van der Waals surface area contributed by atoms with Gasteiger partial charge in [-0.15, -0.1) is 0 Å². The van der Waals surface area contributed by atoms with Crippen LogP contribution in [0.3, 0.4) is 0 Å². The minimum atomic E-state index is -3.77. The van der Waals surface area contributed by atoms with Crippen LogP contribution in [0.25, 0.3) is 0 Å². The predicted octanol–water partition coefficient (Wildman–Crippen LogP) is 0.811. The molecule has 6 nitrogen and oxygen atoms in total. The number of hydrogen-bond acceptors (Lipinski definition) is 4. The van der Waals surface area contributed by atoms with Gasteiger partial charge >= 0.3 is 0 Å². The van der Waals surface area contributed by atoms with Crippen LogP contribution in [0.5, 0.6) is 5.75 Å². The van der Waals surface area contributed by atoms with E-state index in [-0.39, 0.29) is 23.2 Å². The van der Waals surface area contributed by atoms with Gasteiger partial charge in [-0.25, -0.2) is 8.42 Å². The molecule has 1 fully saturated rings. The summed E-state index contributed by atoms with van der Waals surface area (Å²) in [5, 5.41) is 9.24. The second-order valence-corrected chi connectivity index (χ2v) is 6.84. The Morgan fingerprint density at radius 1 is 1.25 bits per heavy atom. The third-order valence-corrected chi connectivity index (χ3v) is 5.40. The largest absolute Gasteiger partial charge is 0.508 e. The summed E-state index contributed by atoms with van der Waals surface area (Å²) in [4.78, 5) is 11.2. The number of nitrogens with two attached hydrogens (primary N) is 1. The molecule has 0 unspecified atom stereocenters. The first kappa shape index (κ1) is 14.8. The molecule has 2 rings (SSSR count). The number of sulfonamides is 1. The van der Waals surface area contributed by atoms with Crippen molar-refractivity contribution in [2.75, 3.05) is 6.54 Å². The summed E-state index contributed by atoms with van der Waals surface area (Å²) in [6.45, 7) is -0.312. The van der Waals surface area contributed by atoms with E-state index in [1.807, 2.05) is 0 Å². The molecular formula is C13H18N2O4S. The standard InChI is InChI=1S/C13H18N2O4S/c14-13(17)9-15(10-3-1-2-4-10)20(18,19)12-7-5-11(16)6-8-12/h5-8,10,16H,1-4,9H2,(H2,14,17). The molecule has 0 bridgehead atoms. The van der Waals surface area contributed by atoms with Crippen molar-refractivity contribution in [1.29, 1.82) is 0 Å². The molecule has 0 aromatic heterocycles. The highest BCUT2D eigenvalue weighted by molar-refractivity contribution is 7.89. The van der Waals surface area contributed by atoms with Gasteiger partial charge in [0.1, 0.15) is 5.75 Å². The molecule has 110 valence electrons. The van der Waals surface area contributed by atoms with Crippen LogP contribution in [0.15, 0.2) is 29.2 Å². The zero-order valence-corrected chi connectivity index (χ0v) is 11.8. The Hall–Kier alpha value is -1.60. The van der Waals surface area contributed by atoms with E-state index in [4.69, 9.17) is 5.73 Å². The van der Waals surface area contributed by atoms with E-state index in [9.17, 15) is 18.3 Å². The minimum Gasteiger partial charge on any atom is -0.508 e. The summed E-state index contributed by atoms with van der Waals surface area (Å²) in [7, 11) is -3.77. The van der Waals surface area contributed by atoms with Crippen LogP contribution in [0.4, 0.5) is 0 Å². The Kier molecular flexibility index (Phi) is 4.29. The number of carbonyl (C=O) groups excluding carboxylic acids is 1.